The fraction of sp³-hybridized carbons (Fsp3) is 0.235. The van der Waals surface area contributed by atoms with E-state index in [0.29, 0.717) is 19.5 Å². The number of hydrogen-bond acceptors (Lipinski definition) is 3. The number of H-pyrrole nitrogens is 1. The number of pyridine rings is 1. The molecule has 0 bridgehead atoms. The van der Waals surface area contributed by atoms with Gasteiger partial charge in [0, 0.05) is 19.3 Å². The second-order valence-electron chi connectivity index (χ2n) is 5.47. The first-order chi connectivity index (χ1) is 11.1. The summed E-state index contributed by atoms with van der Waals surface area (Å²) in [5, 5.41) is 2.65. The molecule has 3 rings (SSSR count). The van der Waals surface area contributed by atoms with Gasteiger partial charge in [-0.2, -0.15) is 0 Å². The van der Waals surface area contributed by atoms with Crippen LogP contribution in [0.15, 0.2) is 53.5 Å². The Balaban J connectivity index is 1.64. The zero-order valence-corrected chi connectivity index (χ0v) is 12.5. The van der Waals surface area contributed by atoms with Crippen molar-refractivity contribution in [1.29, 1.82) is 0 Å². The second kappa shape index (κ2) is 6.48. The van der Waals surface area contributed by atoms with Crippen LogP contribution in [0.4, 0.5) is 0 Å². The lowest BCUT2D eigenvalue weighted by molar-refractivity contribution is -0.129. The zero-order valence-electron chi connectivity index (χ0n) is 12.5. The second-order valence-corrected chi connectivity index (χ2v) is 5.47. The number of rotatable bonds is 4. The quantitative estimate of drug-likeness (QED) is 0.880. The van der Waals surface area contributed by atoms with Crippen LogP contribution >= 0.6 is 0 Å². The molecule has 1 saturated heterocycles. The van der Waals surface area contributed by atoms with E-state index in [1.807, 2.05) is 30.3 Å². The minimum absolute atomic E-state index is 0.0156. The van der Waals surface area contributed by atoms with Crippen LogP contribution < -0.4 is 10.9 Å². The number of aromatic nitrogens is 1. The molecule has 1 fully saturated rings. The molecule has 0 radical (unpaired) electrons. The maximum absolute atomic E-state index is 12.4. The zero-order chi connectivity index (χ0) is 16.2. The lowest BCUT2D eigenvalue weighted by Crippen LogP contribution is -2.42. The van der Waals surface area contributed by atoms with Crippen molar-refractivity contribution in [2.75, 3.05) is 6.54 Å². The first-order valence-corrected chi connectivity index (χ1v) is 7.46. The first-order valence-electron chi connectivity index (χ1n) is 7.46. The Kier molecular flexibility index (Phi) is 4.23. The van der Waals surface area contributed by atoms with E-state index in [9.17, 15) is 14.4 Å². The van der Waals surface area contributed by atoms with Crippen LogP contribution in [0, 0.1) is 0 Å². The van der Waals surface area contributed by atoms with Crippen molar-refractivity contribution in [2.45, 2.75) is 19.0 Å². The summed E-state index contributed by atoms with van der Waals surface area (Å²) < 4.78 is 0. The summed E-state index contributed by atoms with van der Waals surface area (Å²) in [6.45, 7) is 1.11. The molecule has 6 heteroatoms. The summed E-state index contributed by atoms with van der Waals surface area (Å²) in [7, 11) is 0. The molecule has 1 aromatic heterocycles. The molecule has 1 aliphatic rings. The van der Waals surface area contributed by atoms with E-state index in [4.69, 9.17) is 0 Å². The molecule has 0 unspecified atom stereocenters. The van der Waals surface area contributed by atoms with E-state index in [-0.39, 0.29) is 11.5 Å². The van der Waals surface area contributed by atoms with Gasteiger partial charge in [-0.15, -0.1) is 0 Å². The van der Waals surface area contributed by atoms with Crippen LogP contribution in [0.1, 0.15) is 22.3 Å². The number of amides is 2. The maximum atomic E-state index is 12.4. The van der Waals surface area contributed by atoms with Gasteiger partial charge in [0.2, 0.25) is 5.91 Å². The lowest BCUT2D eigenvalue weighted by Gasteiger charge is -2.17. The molecule has 2 amide bonds. The Hall–Kier alpha value is -2.89. The van der Waals surface area contributed by atoms with Crippen LogP contribution in [0.3, 0.4) is 0 Å². The Morgan fingerprint density at radius 1 is 1.17 bits per heavy atom. The Labute approximate surface area is 133 Å². The molecule has 2 aromatic rings. The highest BCUT2D eigenvalue weighted by Gasteiger charge is 2.33. The van der Waals surface area contributed by atoms with Crippen molar-refractivity contribution >= 4 is 11.8 Å². The van der Waals surface area contributed by atoms with Crippen molar-refractivity contribution in [3.05, 3.63) is 70.1 Å². The van der Waals surface area contributed by atoms with E-state index < -0.39 is 17.5 Å². The molecule has 1 atom stereocenters. The van der Waals surface area contributed by atoms with Gasteiger partial charge < -0.3 is 15.2 Å². The normalized spacial score (nSPS) is 17.3. The Bertz CT molecular complexity index is 770. The molecular formula is C17H17N3O3. The molecular weight excluding hydrogens is 294 g/mol. The summed E-state index contributed by atoms with van der Waals surface area (Å²) in [5.41, 5.74) is 0.603. The topological polar surface area (TPSA) is 82.3 Å². The SMILES string of the molecule is O=C(N[C@@H]1CCN(Cc2ccccc2)C1=O)c1ccc[nH]c1=O. The molecule has 6 nitrogen and oxygen atoms in total. The minimum atomic E-state index is -0.578. The third-order valence-electron chi connectivity index (χ3n) is 3.88. The van der Waals surface area contributed by atoms with Gasteiger partial charge in [0.15, 0.2) is 0 Å². The van der Waals surface area contributed by atoms with Crippen LogP contribution in [0.5, 0.6) is 0 Å². The summed E-state index contributed by atoms with van der Waals surface area (Å²) in [5.74, 6) is -0.638. The van der Waals surface area contributed by atoms with Gasteiger partial charge in [-0.25, -0.2) is 0 Å². The van der Waals surface area contributed by atoms with Crippen LogP contribution in [-0.2, 0) is 11.3 Å². The van der Waals surface area contributed by atoms with Crippen LogP contribution in [0.25, 0.3) is 0 Å². The van der Waals surface area contributed by atoms with Gasteiger partial charge in [0.25, 0.3) is 11.5 Å². The average Bonchev–Trinajstić information content (AvgIpc) is 2.89. The van der Waals surface area contributed by atoms with Crippen molar-refractivity contribution in [3.63, 3.8) is 0 Å². The van der Waals surface area contributed by atoms with Gasteiger partial charge in [-0.1, -0.05) is 30.3 Å². The van der Waals surface area contributed by atoms with E-state index in [1.54, 1.807) is 11.0 Å². The summed E-state index contributed by atoms with van der Waals surface area (Å²) in [6, 6.07) is 12.1. The summed E-state index contributed by atoms with van der Waals surface area (Å²) in [6.07, 6.45) is 2.00. The van der Waals surface area contributed by atoms with Gasteiger partial charge in [-0.05, 0) is 24.1 Å². The molecule has 0 spiro atoms. The highest BCUT2D eigenvalue weighted by atomic mass is 16.2. The van der Waals surface area contributed by atoms with Crippen molar-refractivity contribution in [2.24, 2.45) is 0 Å². The van der Waals surface area contributed by atoms with Crippen molar-refractivity contribution in [3.8, 4) is 0 Å². The number of likely N-dealkylation sites (tertiary alicyclic amines) is 1. The smallest absolute Gasteiger partial charge is 0.260 e. The third-order valence-corrected chi connectivity index (χ3v) is 3.88. The maximum Gasteiger partial charge on any atom is 0.260 e. The van der Waals surface area contributed by atoms with Crippen molar-refractivity contribution < 1.29 is 9.59 Å². The fourth-order valence-corrected chi connectivity index (χ4v) is 2.67. The predicted molar refractivity (Wildman–Crippen MR) is 84.8 cm³/mol. The van der Waals surface area contributed by atoms with Gasteiger partial charge in [-0.3, -0.25) is 14.4 Å². The molecule has 23 heavy (non-hydrogen) atoms. The molecule has 2 N–H and O–H groups in total. The van der Waals surface area contributed by atoms with E-state index >= 15 is 0 Å². The highest BCUT2D eigenvalue weighted by Crippen LogP contribution is 2.15. The van der Waals surface area contributed by atoms with E-state index in [2.05, 4.69) is 10.3 Å². The van der Waals surface area contributed by atoms with E-state index in [1.165, 1.54) is 12.3 Å². The highest BCUT2D eigenvalue weighted by molar-refractivity contribution is 5.97. The minimum Gasteiger partial charge on any atom is -0.340 e. The number of aromatic amines is 1. The van der Waals surface area contributed by atoms with Gasteiger partial charge >= 0.3 is 0 Å². The number of benzene rings is 1. The number of nitrogens with zero attached hydrogens (tertiary/aromatic N) is 1. The molecule has 1 aliphatic heterocycles. The predicted octanol–water partition coefficient (Wildman–Crippen LogP) is 0.906. The summed E-state index contributed by atoms with van der Waals surface area (Å²) in [4.78, 5) is 40.3. The Morgan fingerprint density at radius 2 is 1.96 bits per heavy atom. The molecule has 1 aromatic carbocycles. The van der Waals surface area contributed by atoms with Gasteiger partial charge in [0.05, 0.1) is 0 Å². The van der Waals surface area contributed by atoms with E-state index in [0.717, 1.165) is 5.56 Å². The van der Waals surface area contributed by atoms with Gasteiger partial charge in [0.1, 0.15) is 11.6 Å². The molecule has 0 aliphatic carbocycles. The fourth-order valence-electron chi connectivity index (χ4n) is 2.67. The monoisotopic (exact) mass is 311 g/mol. The molecule has 0 saturated carbocycles. The van der Waals surface area contributed by atoms with Crippen molar-refractivity contribution in [1.82, 2.24) is 15.2 Å². The standard InChI is InChI=1S/C17H17N3O3/c21-15-13(7-4-9-18-15)16(22)19-14-8-10-20(17(14)23)11-12-5-2-1-3-6-12/h1-7,9,14H,8,10-11H2,(H,18,21)(H,19,22)/t14-/m1/s1. The number of carbonyl (C=O) groups excluding carboxylic acids is 2. The number of carbonyl (C=O) groups is 2. The lowest BCUT2D eigenvalue weighted by atomic mass is 10.2. The average molecular weight is 311 g/mol. The van der Waals surface area contributed by atoms with Crippen LogP contribution in [-0.4, -0.2) is 34.3 Å². The third kappa shape index (κ3) is 3.31. The number of hydrogen-bond donors (Lipinski definition) is 2. The Morgan fingerprint density at radius 3 is 2.70 bits per heavy atom. The number of nitrogens with one attached hydrogen (secondary N) is 2. The molecule has 2 heterocycles. The molecule has 118 valence electrons. The first kappa shape index (κ1) is 15.0. The largest absolute Gasteiger partial charge is 0.340 e. The summed E-state index contributed by atoms with van der Waals surface area (Å²) >= 11 is 0. The van der Waals surface area contributed by atoms with Crippen LogP contribution in [0.2, 0.25) is 0 Å².